The van der Waals surface area contributed by atoms with E-state index in [9.17, 15) is 14.4 Å². The number of ether oxygens (including phenoxy) is 1. The molecule has 0 aromatic carbocycles. The zero-order valence-corrected chi connectivity index (χ0v) is 13.3. The molecule has 0 radical (unpaired) electrons. The van der Waals surface area contributed by atoms with Crippen LogP contribution >= 0.6 is 11.8 Å². The molecule has 2 N–H and O–H groups in total. The molecule has 0 aromatic heterocycles. The maximum absolute atomic E-state index is 12.6. The summed E-state index contributed by atoms with van der Waals surface area (Å²) in [6, 6.07) is -0.902. The summed E-state index contributed by atoms with van der Waals surface area (Å²) in [5.74, 6) is -1.93. The summed E-state index contributed by atoms with van der Waals surface area (Å²) in [4.78, 5) is 41.9. The largest absolute Gasteiger partial charge is 0.464 e. The smallest absolute Gasteiger partial charge is 0.358 e. The molecular weight excluding hydrogens is 328 g/mol. The van der Waals surface area contributed by atoms with Gasteiger partial charge in [0.15, 0.2) is 5.70 Å². The molecule has 1 spiro atoms. The first-order valence-corrected chi connectivity index (χ1v) is 7.51. The van der Waals surface area contributed by atoms with Gasteiger partial charge in [0.25, 0.3) is 5.91 Å². The van der Waals surface area contributed by atoms with Gasteiger partial charge in [-0.3, -0.25) is 10.0 Å². The topological polar surface area (TPSA) is 130 Å². The lowest BCUT2D eigenvalue weighted by Gasteiger charge is -2.47. The minimum Gasteiger partial charge on any atom is -0.464 e. The van der Waals surface area contributed by atoms with Crippen LogP contribution in [0.5, 0.6) is 0 Å². The Labute approximate surface area is 134 Å². The van der Waals surface area contributed by atoms with E-state index in [1.54, 1.807) is 13.8 Å². The number of fused-ring (bicyclic) bond motifs is 2. The van der Waals surface area contributed by atoms with Crippen LogP contribution in [0.25, 0.3) is 0 Å². The minimum atomic E-state index is -1.30. The number of β-lactam (4-membered cyclic amide) rings is 1. The van der Waals surface area contributed by atoms with E-state index in [0.717, 1.165) is 0 Å². The van der Waals surface area contributed by atoms with Gasteiger partial charge in [-0.25, -0.2) is 9.59 Å². The Morgan fingerprint density at radius 2 is 2.17 bits per heavy atom. The first-order valence-electron chi connectivity index (χ1n) is 6.63. The third-order valence-electron chi connectivity index (χ3n) is 4.00. The van der Waals surface area contributed by atoms with Crippen LogP contribution in [0, 0.1) is 0 Å². The Hall–Kier alpha value is -1.98. The van der Waals surface area contributed by atoms with E-state index >= 15 is 0 Å². The molecule has 2 saturated heterocycles. The summed E-state index contributed by atoms with van der Waals surface area (Å²) < 4.78 is 3.90. The zero-order chi connectivity index (χ0) is 17.0. The van der Waals surface area contributed by atoms with Crippen molar-refractivity contribution in [2.24, 2.45) is 10.2 Å². The molecule has 3 rings (SSSR count). The highest BCUT2D eigenvalue weighted by molar-refractivity contribution is 8.01. The van der Waals surface area contributed by atoms with Gasteiger partial charge in [-0.2, -0.15) is 5.11 Å². The fourth-order valence-electron chi connectivity index (χ4n) is 2.98. The number of carbonyl (C=O) groups excluding carboxylic acids is 3. The van der Waals surface area contributed by atoms with Crippen LogP contribution in [0.1, 0.15) is 13.8 Å². The Balaban J connectivity index is 1.92. The molecule has 1 amide bonds. The third-order valence-corrected chi connectivity index (χ3v) is 5.64. The van der Waals surface area contributed by atoms with E-state index < -0.39 is 39.5 Å². The number of amides is 1. The van der Waals surface area contributed by atoms with Crippen molar-refractivity contribution in [2.45, 2.75) is 35.5 Å². The summed E-state index contributed by atoms with van der Waals surface area (Å²) >= 11 is 1.35. The molecule has 3 atom stereocenters. The molecule has 3 heterocycles. The molecule has 23 heavy (non-hydrogen) atoms. The van der Waals surface area contributed by atoms with Gasteiger partial charge in [-0.15, -0.1) is 16.9 Å². The second kappa shape index (κ2) is 5.01. The lowest BCUT2D eigenvalue weighted by atomic mass is 9.85. The van der Waals surface area contributed by atoms with E-state index in [-0.39, 0.29) is 5.70 Å². The standard InChI is InChI=1S/C12H14N4O6S/c1-11(2)6(8(18)22-15-20)16-9(19)12(10(16)23-11)4-5(13-14-12)7(17)21-3/h4,6,10,15,20H,1-3H3/t6-,10+,12?/m0/s1. The summed E-state index contributed by atoms with van der Waals surface area (Å²) in [6.45, 7) is 3.55. The van der Waals surface area contributed by atoms with E-state index in [2.05, 4.69) is 19.8 Å². The SMILES string of the molecule is COC(=O)C1=CC2(N=N1)C(=O)N1[C@@H](C(=O)ONO)C(C)(C)S[C@@H]12. The maximum Gasteiger partial charge on any atom is 0.358 e. The number of methoxy groups -OCH3 is 1. The summed E-state index contributed by atoms with van der Waals surface area (Å²) in [5, 5.41) is 15.7. The molecule has 1 unspecified atom stereocenters. The van der Waals surface area contributed by atoms with Crippen molar-refractivity contribution >= 4 is 29.6 Å². The van der Waals surface area contributed by atoms with Gasteiger partial charge in [-0.05, 0) is 25.6 Å². The Morgan fingerprint density at radius 1 is 1.48 bits per heavy atom. The number of thioether (sulfide) groups is 1. The van der Waals surface area contributed by atoms with Gasteiger partial charge in [-0.1, -0.05) is 0 Å². The van der Waals surface area contributed by atoms with Gasteiger partial charge in [0.1, 0.15) is 11.4 Å². The quantitative estimate of drug-likeness (QED) is 0.408. The number of azo groups is 1. The molecule has 124 valence electrons. The lowest BCUT2D eigenvalue weighted by molar-refractivity contribution is -0.189. The van der Waals surface area contributed by atoms with E-state index in [1.807, 2.05) is 0 Å². The van der Waals surface area contributed by atoms with Crippen LogP contribution in [0.2, 0.25) is 0 Å². The Morgan fingerprint density at radius 3 is 2.78 bits per heavy atom. The van der Waals surface area contributed by atoms with Gasteiger partial charge in [0.05, 0.1) is 7.11 Å². The van der Waals surface area contributed by atoms with Crippen molar-refractivity contribution in [1.29, 1.82) is 0 Å². The van der Waals surface area contributed by atoms with Gasteiger partial charge >= 0.3 is 11.9 Å². The predicted molar refractivity (Wildman–Crippen MR) is 74.8 cm³/mol. The molecular formula is C12H14N4O6S. The predicted octanol–water partition coefficient (Wildman–Crippen LogP) is -0.253. The summed E-state index contributed by atoms with van der Waals surface area (Å²) in [6.07, 6.45) is 1.36. The number of nitrogens with one attached hydrogen (secondary N) is 1. The second-order valence-electron chi connectivity index (χ2n) is 5.75. The maximum atomic E-state index is 12.6. The number of hydrogen-bond donors (Lipinski definition) is 2. The van der Waals surface area contributed by atoms with Gasteiger partial charge in [0.2, 0.25) is 5.54 Å². The first kappa shape index (κ1) is 15.9. The first-order chi connectivity index (χ1) is 10.8. The molecule has 3 aliphatic heterocycles. The number of hydrogen-bond acceptors (Lipinski definition) is 10. The van der Waals surface area contributed by atoms with E-state index in [0.29, 0.717) is 0 Å². The third kappa shape index (κ3) is 2.00. The molecule has 0 aromatic rings. The molecule has 11 heteroatoms. The van der Waals surface area contributed by atoms with Crippen molar-refractivity contribution in [3.63, 3.8) is 0 Å². The lowest BCUT2D eigenvalue weighted by Crippen LogP contribution is -2.71. The monoisotopic (exact) mass is 342 g/mol. The van der Waals surface area contributed by atoms with Crippen molar-refractivity contribution in [3.8, 4) is 0 Å². The normalized spacial score (nSPS) is 33.3. The molecule has 0 aliphatic carbocycles. The van der Waals surface area contributed by atoms with Crippen molar-refractivity contribution < 1.29 is 29.2 Å². The summed E-state index contributed by atoms with van der Waals surface area (Å²) in [5.41, 5.74) is -0.00308. The van der Waals surface area contributed by atoms with E-state index in [1.165, 1.54) is 35.5 Å². The van der Waals surface area contributed by atoms with Crippen molar-refractivity contribution in [2.75, 3.05) is 7.11 Å². The number of esters is 1. The van der Waals surface area contributed by atoms with Crippen LogP contribution in [0.3, 0.4) is 0 Å². The fraction of sp³-hybridized carbons (Fsp3) is 0.583. The Kier molecular flexibility index (Phi) is 3.46. The van der Waals surface area contributed by atoms with Gasteiger partial charge in [0, 0.05) is 4.75 Å². The molecule has 3 aliphatic rings. The second-order valence-corrected chi connectivity index (χ2v) is 7.48. The van der Waals surface area contributed by atoms with Crippen LogP contribution in [-0.4, -0.2) is 56.8 Å². The summed E-state index contributed by atoms with van der Waals surface area (Å²) in [7, 11) is 1.21. The molecule has 0 saturated carbocycles. The van der Waals surface area contributed by atoms with Crippen molar-refractivity contribution in [1.82, 2.24) is 10.5 Å². The Bertz CT molecular complexity index is 662. The van der Waals surface area contributed by atoms with Gasteiger partial charge < -0.3 is 14.5 Å². The molecule has 0 bridgehead atoms. The highest BCUT2D eigenvalue weighted by Gasteiger charge is 2.73. The fourth-order valence-corrected chi connectivity index (χ4v) is 4.62. The average Bonchev–Trinajstić information content (AvgIpc) is 3.06. The van der Waals surface area contributed by atoms with Crippen LogP contribution in [0.15, 0.2) is 22.0 Å². The number of nitrogens with zero attached hydrogens (tertiary/aromatic N) is 3. The van der Waals surface area contributed by atoms with Crippen molar-refractivity contribution in [3.05, 3.63) is 11.8 Å². The van der Waals surface area contributed by atoms with Crippen LogP contribution in [-0.2, 0) is 24.0 Å². The highest BCUT2D eigenvalue weighted by atomic mass is 32.2. The molecule has 10 nitrogen and oxygen atoms in total. The zero-order valence-electron chi connectivity index (χ0n) is 12.5. The number of carbonyl (C=O) groups is 3. The minimum absolute atomic E-state index is 0.0399. The highest BCUT2D eigenvalue weighted by Crippen LogP contribution is 2.58. The molecule has 2 fully saturated rings. The van der Waals surface area contributed by atoms with E-state index in [4.69, 9.17) is 5.21 Å². The van der Waals surface area contributed by atoms with Crippen LogP contribution < -0.4 is 5.64 Å². The number of rotatable bonds is 3. The average molecular weight is 342 g/mol. The van der Waals surface area contributed by atoms with Crippen LogP contribution in [0.4, 0.5) is 0 Å².